The lowest BCUT2D eigenvalue weighted by Crippen LogP contribution is -2.62. The van der Waals surface area contributed by atoms with Crippen molar-refractivity contribution in [3.05, 3.63) is 35.9 Å². The molecule has 0 saturated carbocycles. The fraction of sp³-hybridized carbons (Fsp3) is 0.526. The van der Waals surface area contributed by atoms with Gasteiger partial charge in [0.1, 0.15) is 11.6 Å². The minimum absolute atomic E-state index is 0.0930. The smallest absolute Gasteiger partial charge is 0.326 e. The van der Waals surface area contributed by atoms with Crippen LogP contribution in [0.1, 0.15) is 39.7 Å². The zero-order valence-corrected chi connectivity index (χ0v) is 15.8. The molecule has 0 saturated heterocycles. The molecule has 0 unspecified atom stereocenters. The van der Waals surface area contributed by atoms with E-state index in [2.05, 4.69) is 10.6 Å². The number of hydrogen-bond donors (Lipinski definition) is 4. The first-order valence-corrected chi connectivity index (χ1v) is 8.70. The molecule has 26 heavy (non-hydrogen) atoms. The monoisotopic (exact) mass is 363 g/mol. The molecule has 5 N–H and O–H groups in total. The first-order chi connectivity index (χ1) is 12.0. The summed E-state index contributed by atoms with van der Waals surface area (Å²) in [6, 6.07) is 7.39. The summed E-state index contributed by atoms with van der Waals surface area (Å²) in [5.41, 5.74) is 5.13. The SMILES string of the molecule is CC(C)C[C@H](NC(=O)[C@@](C)(Cc1ccccc1)NC(=O)[C@H](C)N)C(=O)O. The first kappa shape index (κ1) is 21.6. The molecule has 1 aromatic rings. The fourth-order valence-electron chi connectivity index (χ4n) is 2.58. The van der Waals surface area contributed by atoms with Crippen molar-refractivity contribution in [3.63, 3.8) is 0 Å². The molecule has 0 aliphatic carbocycles. The van der Waals surface area contributed by atoms with E-state index in [1.807, 2.05) is 44.2 Å². The summed E-state index contributed by atoms with van der Waals surface area (Å²) < 4.78 is 0. The number of aliphatic carboxylic acids is 1. The third kappa shape index (κ3) is 6.48. The lowest BCUT2D eigenvalue weighted by Gasteiger charge is -2.32. The molecule has 7 heteroatoms. The molecular weight excluding hydrogens is 334 g/mol. The lowest BCUT2D eigenvalue weighted by molar-refractivity contribution is -0.143. The highest BCUT2D eigenvalue weighted by atomic mass is 16.4. The number of benzene rings is 1. The Kier molecular flexibility index (Phi) is 7.76. The Labute approximate surface area is 154 Å². The van der Waals surface area contributed by atoms with Gasteiger partial charge in [-0.25, -0.2) is 4.79 Å². The number of carboxylic acids is 1. The summed E-state index contributed by atoms with van der Waals surface area (Å²) in [5.74, 6) is -2.04. The van der Waals surface area contributed by atoms with Crippen LogP contribution in [0.3, 0.4) is 0 Å². The molecule has 1 rings (SSSR count). The van der Waals surface area contributed by atoms with Crippen molar-refractivity contribution in [1.82, 2.24) is 10.6 Å². The van der Waals surface area contributed by atoms with E-state index in [0.29, 0.717) is 6.42 Å². The van der Waals surface area contributed by atoms with Crippen LogP contribution in [-0.2, 0) is 20.8 Å². The average Bonchev–Trinajstić information content (AvgIpc) is 2.54. The second-order valence-electron chi connectivity index (χ2n) is 7.27. The Bertz CT molecular complexity index is 631. The minimum atomic E-state index is -1.32. The van der Waals surface area contributed by atoms with Crippen molar-refractivity contribution in [2.45, 2.75) is 58.2 Å². The van der Waals surface area contributed by atoms with Crippen LogP contribution in [0.15, 0.2) is 30.3 Å². The van der Waals surface area contributed by atoms with E-state index in [1.165, 1.54) is 6.92 Å². The summed E-state index contributed by atoms with van der Waals surface area (Å²) in [5, 5.41) is 14.6. The largest absolute Gasteiger partial charge is 0.480 e. The highest BCUT2D eigenvalue weighted by Crippen LogP contribution is 2.16. The fourth-order valence-corrected chi connectivity index (χ4v) is 2.58. The number of rotatable bonds is 9. The van der Waals surface area contributed by atoms with Gasteiger partial charge in [-0.3, -0.25) is 9.59 Å². The molecule has 0 fully saturated rings. The maximum absolute atomic E-state index is 12.9. The molecule has 3 atom stereocenters. The molecule has 2 amide bonds. The van der Waals surface area contributed by atoms with Gasteiger partial charge in [-0.1, -0.05) is 44.2 Å². The quantitative estimate of drug-likeness (QED) is 0.523. The predicted molar refractivity (Wildman–Crippen MR) is 99.4 cm³/mol. The van der Waals surface area contributed by atoms with E-state index in [0.717, 1.165) is 5.56 Å². The van der Waals surface area contributed by atoms with Crippen LogP contribution in [0.2, 0.25) is 0 Å². The molecular formula is C19H29N3O4. The van der Waals surface area contributed by atoms with E-state index in [-0.39, 0.29) is 12.3 Å². The van der Waals surface area contributed by atoms with E-state index in [9.17, 15) is 19.5 Å². The normalized spacial score (nSPS) is 15.6. The van der Waals surface area contributed by atoms with E-state index in [4.69, 9.17) is 5.73 Å². The van der Waals surface area contributed by atoms with Crippen LogP contribution < -0.4 is 16.4 Å². The summed E-state index contributed by atoms with van der Waals surface area (Å²) in [6.07, 6.45) is 0.510. The molecule has 1 aromatic carbocycles. The van der Waals surface area contributed by atoms with Gasteiger partial charge < -0.3 is 21.5 Å². The molecule has 144 valence electrons. The van der Waals surface area contributed by atoms with Crippen LogP contribution in [0, 0.1) is 5.92 Å². The summed E-state index contributed by atoms with van der Waals surface area (Å²) in [6.45, 7) is 6.85. The number of carbonyl (C=O) groups is 3. The van der Waals surface area contributed by atoms with Crippen molar-refractivity contribution >= 4 is 17.8 Å². The van der Waals surface area contributed by atoms with Gasteiger partial charge in [0, 0.05) is 6.42 Å². The Morgan fingerprint density at radius 1 is 1.15 bits per heavy atom. The van der Waals surface area contributed by atoms with Crippen LogP contribution in [0.25, 0.3) is 0 Å². The Morgan fingerprint density at radius 2 is 1.73 bits per heavy atom. The van der Waals surface area contributed by atoms with Crippen molar-refractivity contribution < 1.29 is 19.5 Å². The first-order valence-electron chi connectivity index (χ1n) is 8.70. The zero-order valence-electron chi connectivity index (χ0n) is 15.8. The molecule has 0 aliphatic rings. The highest BCUT2D eigenvalue weighted by Gasteiger charge is 2.38. The average molecular weight is 363 g/mol. The molecule has 0 radical (unpaired) electrons. The number of carboxylic acid groups (broad SMARTS) is 1. The van der Waals surface area contributed by atoms with E-state index < -0.39 is 35.4 Å². The molecule has 0 aliphatic heterocycles. The Morgan fingerprint density at radius 3 is 2.19 bits per heavy atom. The van der Waals surface area contributed by atoms with Crippen LogP contribution in [0.4, 0.5) is 0 Å². The second-order valence-corrected chi connectivity index (χ2v) is 7.27. The number of amides is 2. The van der Waals surface area contributed by atoms with Crippen LogP contribution in [-0.4, -0.2) is 40.5 Å². The van der Waals surface area contributed by atoms with Crippen molar-refractivity contribution in [2.75, 3.05) is 0 Å². The molecule has 7 nitrogen and oxygen atoms in total. The van der Waals surface area contributed by atoms with Gasteiger partial charge in [-0.2, -0.15) is 0 Å². The van der Waals surface area contributed by atoms with Gasteiger partial charge in [0.15, 0.2) is 0 Å². The molecule has 0 spiro atoms. The zero-order chi connectivity index (χ0) is 19.9. The minimum Gasteiger partial charge on any atom is -0.480 e. The van der Waals surface area contributed by atoms with E-state index in [1.54, 1.807) is 6.92 Å². The summed E-state index contributed by atoms with van der Waals surface area (Å²) in [7, 11) is 0. The lowest BCUT2D eigenvalue weighted by atomic mass is 9.90. The third-order valence-electron chi connectivity index (χ3n) is 4.02. The van der Waals surface area contributed by atoms with Crippen LogP contribution >= 0.6 is 0 Å². The summed E-state index contributed by atoms with van der Waals surface area (Å²) in [4.78, 5) is 36.5. The number of carbonyl (C=O) groups excluding carboxylic acids is 2. The number of hydrogen-bond acceptors (Lipinski definition) is 4. The van der Waals surface area contributed by atoms with Gasteiger partial charge in [0.25, 0.3) is 0 Å². The topological polar surface area (TPSA) is 122 Å². The highest BCUT2D eigenvalue weighted by molar-refractivity contribution is 5.94. The van der Waals surface area contributed by atoms with Gasteiger partial charge in [0.2, 0.25) is 11.8 Å². The van der Waals surface area contributed by atoms with Gasteiger partial charge >= 0.3 is 5.97 Å². The van der Waals surface area contributed by atoms with Crippen molar-refractivity contribution in [1.29, 1.82) is 0 Å². The number of nitrogens with two attached hydrogens (primary N) is 1. The van der Waals surface area contributed by atoms with Gasteiger partial charge in [0.05, 0.1) is 6.04 Å². The summed E-state index contributed by atoms with van der Waals surface area (Å²) >= 11 is 0. The van der Waals surface area contributed by atoms with Gasteiger partial charge in [-0.15, -0.1) is 0 Å². The van der Waals surface area contributed by atoms with Crippen molar-refractivity contribution in [2.24, 2.45) is 11.7 Å². The molecule has 0 heterocycles. The number of nitrogens with one attached hydrogen (secondary N) is 2. The second kappa shape index (κ2) is 9.33. The third-order valence-corrected chi connectivity index (χ3v) is 4.02. The van der Waals surface area contributed by atoms with E-state index >= 15 is 0 Å². The van der Waals surface area contributed by atoms with Crippen LogP contribution in [0.5, 0.6) is 0 Å². The maximum atomic E-state index is 12.9. The molecule has 0 bridgehead atoms. The van der Waals surface area contributed by atoms with Gasteiger partial charge in [-0.05, 0) is 31.7 Å². The predicted octanol–water partition coefficient (Wildman–Crippen LogP) is 1.07. The standard InChI is InChI=1S/C19H29N3O4/c1-12(2)10-15(17(24)25)21-18(26)19(4,22-16(23)13(3)20)11-14-8-6-5-7-9-14/h5-9,12-13,15H,10-11,20H2,1-4H3,(H,21,26)(H,22,23)(H,24,25)/t13-,15-,19+/m0/s1. The Hall–Kier alpha value is -2.41. The molecule has 0 aromatic heterocycles. The maximum Gasteiger partial charge on any atom is 0.326 e. The van der Waals surface area contributed by atoms with Crippen molar-refractivity contribution in [3.8, 4) is 0 Å². The Balaban J connectivity index is 3.07.